The van der Waals surface area contributed by atoms with Crippen LogP contribution in [0.1, 0.15) is 12.8 Å². The molecular formula is C15H18F5N3O3. The monoisotopic (exact) mass is 383 g/mol. The molecule has 11 heteroatoms. The number of aromatic nitrogens is 1. The lowest BCUT2D eigenvalue weighted by atomic mass is 10.1. The number of pyridine rings is 1. The molecule has 0 unspecified atom stereocenters. The molecule has 0 bridgehead atoms. The minimum atomic E-state index is -5.03. The molecule has 26 heavy (non-hydrogen) atoms. The van der Waals surface area contributed by atoms with Gasteiger partial charge in [-0.1, -0.05) is 0 Å². The molecule has 1 amide bonds. The van der Waals surface area contributed by atoms with E-state index < -0.39 is 36.4 Å². The summed E-state index contributed by atoms with van der Waals surface area (Å²) >= 11 is 0. The van der Waals surface area contributed by atoms with Crippen LogP contribution in [0, 0.1) is 0 Å². The molecule has 146 valence electrons. The summed E-state index contributed by atoms with van der Waals surface area (Å²) in [4.78, 5) is 17.2. The summed E-state index contributed by atoms with van der Waals surface area (Å²) in [5.41, 5.74) is 0. The van der Waals surface area contributed by atoms with Gasteiger partial charge in [-0.25, -0.2) is 4.98 Å². The second-order valence-electron chi connectivity index (χ2n) is 5.90. The Balaban J connectivity index is 1.94. The second-order valence-corrected chi connectivity index (χ2v) is 5.90. The van der Waals surface area contributed by atoms with E-state index in [0.717, 1.165) is 18.3 Å². The molecule has 1 N–H and O–H groups in total. The summed E-state index contributed by atoms with van der Waals surface area (Å²) in [7, 11) is 1.88. The van der Waals surface area contributed by atoms with Crippen molar-refractivity contribution in [3.8, 4) is 11.6 Å². The second kappa shape index (κ2) is 8.02. The molecule has 1 aromatic rings. The molecule has 0 aliphatic carbocycles. The first-order valence-corrected chi connectivity index (χ1v) is 7.78. The Bertz CT molecular complexity index is 619. The average molecular weight is 383 g/mol. The Kier molecular flexibility index (Phi) is 6.21. The fourth-order valence-electron chi connectivity index (χ4n) is 2.36. The molecule has 0 spiro atoms. The van der Waals surface area contributed by atoms with Gasteiger partial charge >= 0.3 is 12.3 Å². The Morgan fingerprint density at radius 2 is 1.96 bits per heavy atom. The van der Waals surface area contributed by atoms with Gasteiger partial charge in [0.2, 0.25) is 0 Å². The van der Waals surface area contributed by atoms with Gasteiger partial charge in [0.05, 0.1) is 0 Å². The van der Waals surface area contributed by atoms with Crippen molar-refractivity contribution in [3.05, 3.63) is 18.3 Å². The van der Waals surface area contributed by atoms with Gasteiger partial charge in [0, 0.05) is 12.2 Å². The van der Waals surface area contributed by atoms with E-state index in [9.17, 15) is 26.7 Å². The SMILES string of the molecule is CN1CCC(NC(=O)C(F)(F)COc2ncccc2OC(F)(F)F)CC1. The highest BCUT2D eigenvalue weighted by atomic mass is 19.4. The Morgan fingerprint density at radius 1 is 1.31 bits per heavy atom. The van der Waals surface area contributed by atoms with Crippen molar-refractivity contribution in [2.24, 2.45) is 0 Å². The largest absolute Gasteiger partial charge is 0.573 e. The van der Waals surface area contributed by atoms with Crippen LogP contribution in [-0.2, 0) is 4.79 Å². The zero-order valence-electron chi connectivity index (χ0n) is 13.9. The summed E-state index contributed by atoms with van der Waals surface area (Å²) in [5.74, 6) is -7.12. The van der Waals surface area contributed by atoms with Crippen LogP contribution in [0.4, 0.5) is 22.0 Å². The minimum Gasteiger partial charge on any atom is -0.468 e. The predicted molar refractivity (Wildman–Crippen MR) is 80.0 cm³/mol. The molecule has 0 saturated carbocycles. The molecule has 2 heterocycles. The first-order valence-electron chi connectivity index (χ1n) is 7.78. The lowest BCUT2D eigenvalue weighted by Gasteiger charge is -2.30. The fourth-order valence-corrected chi connectivity index (χ4v) is 2.36. The average Bonchev–Trinajstić information content (AvgIpc) is 2.55. The molecule has 6 nitrogen and oxygen atoms in total. The van der Waals surface area contributed by atoms with Crippen LogP contribution in [0.5, 0.6) is 11.6 Å². The van der Waals surface area contributed by atoms with Gasteiger partial charge in [-0.2, -0.15) is 8.78 Å². The normalized spacial score (nSPS) is 17.0. The molecular weight excluding hydrogens is 365 g/mol. The quantitative estimate of drug-likeness (QED) is 0.764. The van der Waals surface area contributed by atoms with Crippen molar-refractivity contribution < 1.29 is 36.2 Å². The maximum atomic E-state index is 14.0. The third-order valence-electron chi connectivity index (χ3n) is 3.74. The number of halogens is 5. The van der Waals surface area contributed by atoms with E-state index in [-0.39, 0.29) is 6.04 Å². The topological polar surface area (TPSA) is 63.7 Å². The van der Waals surface area contributed by atoms with E-state index in [1.165, 1.54) is 0 Å². The van der Waals surface area contributed by atoms with Crippen LogP contribution in [0.15, 0.2) is 18.3 Å². The van der Waals surface area contributed by atoms with Gasteiger partial charge in [0.1, 0.15) is 0 Å². The smallest absolute Gasteiger partial charge is 0.468 e. The fraction of sp³-hybridized carbons (Fsp3) is 0.600. The van der Waals surface area contributed by atoms with Crippen LogP contribution in [0.25, 0.3) is 0 Å². The highest BCUT2D eigenvalue weighted by Gasteiger charge is 2.42. The number of alkyl halides is 5. The van der Waals surface area contributed by atoms with Gasteiger partial charge in [-0.05, 0) is 45.1 Å². The van der Waals surface area contributed by atoms with Gasteiger partial charge in [-0.3, -0.25) is 4.79 Å². The molecule has 0 radical (unpaired) electrons. The number of likely N-dealkylation sites (tertiary alicyclic amines) is 1. The summed E-state index contributed by atoms with van der Waals surface area (Å²) in [5, 5.41) is 2.24. The van der Waals surface area contributed by atoms with Gasteiger partial charge in [0.25, 0.3) is 11.8 Å². The standard InChI is InChI=1S/C15H18F5N3O3/c1-23-7-4-10(5-8-23)22-13(24)14(16,17)9-25-12-11(3-2-6-21-12)26-15(18,19)20/h2-3,6,10H,4-5,7-9H2,1H3,(H,22,24). The number of hydrogen-bond donors (Lipinski definition) is 1. The number of ether oxygens (including phenoxy) is 2. The van der Waals surface area contributed by atoms with E-state index in [1.54, 1.807) is 0 Å². The summed E-state index contributed by atoms with van der Waals surface area (Å²) < 4.78 is 73.1. The van der Waals surface area contributed by atoms with E-state index >= 15 is 0 Å². The van der Waals surface area contributed by atoms with Crippen molar-refractivity contribution in [2.75, 3.05) is 26.7 Å². The number of hydrogen-bond acceptors (Lipinski definition) is 5. The first kappa shape index (κ1) is 20.1. The van der Waals surface area contributed by atoms with E-state index in [4.69, 9.17) is 0 Å². The van der Waals surface area contributed by atoms with Crippen LogP contribution >= 0.6 is 0 Å². The maximum Gasteiger partial charge on any atom is 0.573 e. The molecule has 0 aromatic carbocycles. The zero-order chi connectivity index (χ0) is 19.4. The summed E-state index contributed by atoms with van der Waals surface area (Å²) in [6.07, 6.45) is -2.92. The molecule has 1 aliphatic heterocycles. The van der Waals surface area contributed by atoms with E-state index in [0.29, 0.717) is 25.9 Å². The summed E-state index contributed by atoms with van der Waals surface area (Å²) in [6.45, 7) is -0.130. The minimum absolute atomic E-state index is 0.386. The third-order valence-corrected chi connectivity index (χ3v) is 3.74. The third kappa shape index (κ3) is 5.97. The van der Waals surface area contributed by atoms with E-state index in [2.05, 4.69) is 19.8 Å². The van der Waals surface area contributed by atoms with Crippen molar-refractivity contribution in [2.45, 2.75) is 31.2 Å². The van der Waals surface area contributed by atoms with Gasteiger partial charge in [0.15, 0.2) is 12.4 Å². The van der Waals surface area contributed by atoms with Crippen LogP contribution in [0.2, 0.25) is 0 Å². The number of carbonyl (C=O) groups is 1. The molecule has 1 saturated heterocycles. The zero-order valence-corrected chi connectivity index (χ0v) is 13.9. The van der Waals surface area contributed by atoms with Crippen molar-refractivity contribution in [3.63, 3.8) is 0 Å². The number of carbonyl (C=O) groups excluding carboxylic acids is 1. The molecule has 2 rings (SSSR count). The number of nitrogens with zero attached hydrogens (tertiary/aromatic N) is 2. The highest BCUT2D eigenvalue weighted by molar-refractivity contribution is 5.83. The van der Waals surface area contributed by atoms with Crippen molar-refractivity contribution in [1.29, 1.82) is 0 Å². The van der Waals surface area contributed by atoms with Crippen LogP contribution in [0.3, 0.4) is 0 Å². The maximum absolute atomic E-state index is 14.0. The lowest BCUT2D eigenvalue weighted by molar-refractivity contribution is -0.275. The van der Waals surface area contributed by atoms with Crippen LogP contribution < -0.4 is 14.8 Å². The van der Waals surface area contributed by atoms with E-state index in [1.807, 2.05) is 11.9 Å². The van der Waals surface area contributed by atoms with Crippen molar-refractivity contribution in [1.82, 2.24) is 15.2 Å². The number of rotatable bonds is 6. The van der Waals surface area contributed by atoms with Gasteiger partial charge in [-0.15, -0.1) is 13.2 Å². The van der Waals surface area contributed by atoms with Gasteiger partial charge < -0.3 is 19.7 Å². The van der Waals surface area contributed by atoms with Crippen molar-refractivity contribution >= 4 is 5.91 Å². The Labute approximate surface area is 146 Å². The first-order chi connectivity index (χ1) is 12.1. The molecule has 0 atom stereocenters. The highest BCUT2D eigenvalue weighted by Crippen LogP contribution is 2.30. The Morgan fingerprint density at radius 3 is 2.58 bits per heavy atom. The Hall–Kier alpha value is -2.17. The molecule has 1 aromatic heterocycles. The lowest BCUT2D eigenvalue weighted by Crippen LogP contribution is -2.51. The number of piperidine rings is 1. The number of amides is 1. The molecule has 1 aliphatic rings. The number of nitrogens with one attached hydrogen (secondary N) is 1. The predicted octanol–water partition coefficient (Wildman–Crippen LogP) is 2.20. The van der Waals surface area contributed by atoms with Crippen LogP contribution in [-0.4, -0.2) is 60.9 Å². The molecule has 1 fully saturated rings. The summed E-state index contributed by atoms with van der Waals surface area (Å²) in [6, 6.07) is 1.61.